The van der Waals surface area contributed by atoms with Crippen LogP contribution in [0.25, 0.3) is 5.78 Å². The summed E-state index contributed by atoms with van der Waals surface area (Å²) in [6, 6.07) is 9.92. The maximum Gasteiger partial charge on any atom is 0.378 e. The zero-order valence-electron chi connectivity index (χ0n) is 16.1. The molecule has 1 amide bonds. The van der Waals surface area contributed by atoms with Crippen LogP contribution in [0.15, 0.2) is 42.6 Å². The van der Waals surface area contributed by atoms with Gasteiger partial charge in [0.1, 0.15) is 0 Å². The second-order valence-corrected chi connectivity index (χ2v) is 9.19. The van der Waals surface area contributed by atoms with Crippen LogP contribution in [-0.4, -0.2) is 64.0 Å². The number of rotatable bonds is 5. The van der Waals surface area contributed by atoms with Gasteiger partial charge in [-0.1, -0.05) is 18.2 Å². The molecule has 4 rings (SSSR count). The van der Waals surface area contributed by atoms with E-state index in [-0.39, 0.29) is 23.1 Å². The van der Waals surface area contributed by atoms with Crippen LogP contribution in [0, 0.1) is 6.92 Å². The number of aryl methyl sites for hydroxylation is 1. The number of nitrogens with zero attached hydrogens (tertiary/aromatic N) is 5. The van der Waals surface area contributed by atoms with E-state index in [0.717, 1.165) is 5.69 Å². The first kappa shape index (κ1) is 20.0. The Morgan fingerprint density at radius 2 is 2.00 bits per heavy atom. The number of para-hydroxylation sites is 1. The zero-order valence-corrected chi connectivity index (χ0v) is 16.9. The third-order valence-electron chi connectivity index (χ3n) is 4.82. The highest BCUT2D eigenvalue weighted by Gasteiger charge is 2.36. The van der Waals surface area contributed by atoms with E-state index < -0.39 is 34.4 Å². The minimum Gasteiger partial charge on any atom is -0.450 e. The summed E-state index contributed by atoms with van der Waals surface area (Å²) in [7, 11) is -3.21. The third kappa shape index (κ3) is 4.01. The van der Waals surface area contributed by atoms with Crippen molar-refractivity contribution in [1.82, 2.24) is 19.6 Å². The second-order valence-electron chi connectivity index (χ2n) is 6.97. The van der Waals surface area contributed by atoms with E-state index in [2.05, 4.69) is 15.1 Å². The summed E-state index contributed by atoms with van der Waals surface area (Å²) in [5.41, 5.74) is 1.28. The normalized spacial score (nSPS) is 17.7. The fourth-order valence-corrected chi connectivity index (χ4v) is 5.08. The fourth-order valence-electron chi connectivity index (χ4n) is 3.38. The average Bonchev–Trinajstić information content (AvgIpc) is 3.31. The van der Waals surface area contributed by atoms with Gasteiger partial charge in [0.2, 0.25) is 0 Å². The molecular weight excluding hydrogens is 410 g/mol. The summed E-state index contributed by atoms with van der Waals surface area (Å²) in [6.07, 6.45) is 1.88. The highest BCUT2D eigenvalue weighted by Crippen LogP contribution is 2.24. The highest BCUT2D eigenvalue weighted by molar-refractivity contribution is 7.91. The van der Waals surface area contributed by atoms with Gasteiger partial charge in [-0.25, -0.2) is 22.7 Å². The molecule has 156 valence electrons. The quantitative estimate of drug-likeness (QED) is 0.546. The maximum absolute atomic E-state index is 12.9. The van der Waals surface area contributed by atoms with Gasteiger partial charge in [0.25, 0.3) is 17.5 Å². The fraction of sp³-hybridized carbons (Fsp3) is 0.316. The molecular formula is C19H19N5O5S. The molecule has 1 aliphatic heterocycles. The number of hydrogen-bond acceptors (Lipinski definition) is 8. The van der Waals surface area contributed by atoms with Crippen LogP contribution in [0.3, 0.4) is 0 Å². The first-order valence-electron chi connectivity index (χ1n) is 9.27. The van der Waals surface area contributed by atoms with E-state index >= 15 is 0 Å². The Labute approximate surface area is 172 Å². The molecule has 30 heavy (non-hydrogen) atoms. The molecule has 0 aliphatic carbocycles. The van der Waals surface area contributed by atoms with Gasteiger partial charge in [-0.15, -0.1) is 5.10 Å². The van der Waals surface area contributed by atoms with Crippen molar-refractivity contribution >= 4 is 33.2 Å². The number of anilines is 1. The van der Waals surface area contributed by atoms with E-state index in [1.54, 1.807) is 49.5 Å². The number of carbonyl (C=O) groups is 2. The Morgan fingerprint density at radius 3 is 2.67 bits per heavy atom. The van der Waals surface area contributed by atoms with Gasteiger partial charge < -0.3 is 9.64 Å². The van der Waals surface area contributed by atoms with Gasteiger partial charge in [-0.05, 0) is 31.5 Å². The van der Waals surface area contributed by atoms with E-state index in [0.29, 0.717) is 12.1 Å². The summed E-state index contributed by atoms with van der Waals surface area (Å²) < 4.78 is 30.4. The number of sulfone groups is 1. The molecule has 3 heterocycles. The number of benzene rings is 1. The molecule has 1 atom stereocenters. The third-order valence-corrected chi connectivity index (χ3v) is 6.57. The molecule has 3 aromatic rings. The molecule has 1 aliphatic rings. The lowest BCUT2D eigenvalue weighted by Crippen LogP contribution is -2.43. The average molecular weight is 429 g/mol. The maximum atomic E-state index is 12.9. The van der Waals surface area contributed by atoms with Crippen LogP contribution in [-0.2, 0) is 19.4 Å². The number of aromatic nitrogens is 4. The Morgan fingerprint density at radius 1 is 1.23 bits per heavy atom. The van der Waals surface area contributed by atoms with Crippen molar-refractivity contribution in [3.05, 3.63) is 54.1 Å². The smallest absolute Gasteiger partial charge is 0.378 e. The van der Waals surface area contributed by atoms with Crippen molar-refractivity contribution in [2.75, 3.05) is 23.0 Å². The molecule has 0 spiro atoms. The summed E-state index contributed by atoms with van der Waals surface area (Å²) >= 11 is 0. The van der Waals surface area contributed by atoms with Crippen molar-refractivity contribution in [3.8, 4) is 0 Å². The Hall–Kier alpha value is -3.34. The number of esters is 1. The number of ether oxygens (including phenoxy) is 1. The first-order valence-corrected chi connectivity index (χ1v) is 11.1. The van der Waals surface area contributed by atoms with Crippen LogP contribution in [0.5, 0.6) is 0 Å². The molecule has 0 bridgehead atoms. The molecule has 0 N–H and O–H groups in total. The zero-order chi connectivity index (χ0) is 21.3. The first-order chi connectivity index (χ1) is 14.3. The van der Waals surface area contributed by atoms with Crippen LogP contribution in [0.1, 0.15) is 22.7 Å². The topological polar surface area (TPSA) is 124 Å². The lowest BCUT2D eigenvalue weighted by atomic mass is 10.2. The van der Waals surface area contributed by atoms with E-state index in [1.165, 1.54) is 9.42 Å². The van der Waals surface area contributed by atoms with Crippen molar-refractivity contribution in [2.45, 2.75) is 19.4 Å². The SMILES string of the molecule is Cc1ccnc2nc(C(=O)OCC(=O)N(c3ccccc3)C3CCS(=O)(=O)C3)nn12. The van der Waals surface area contributed by atoms with Crippen LogP contribution >= 0.6 is 0 Å². The number of carbonyl (C=O) groups excluding carboxylic acids is 2. The molecule has 1 fully saturated rings. The molecule has 10 nitrogen and oxygen atoms in total. The van der Waals surface area contributed by atoms with E-state index in [9.17, 15) is 18.0 Å². The van der Waals surface area contributed by atoms with Gasteiger partial charge >= 0.3 is 5.97 Å². The molecule has 0 saturated carbocycles. The predicted octanol–water partition coefficient (Wildman–Crippen LogP) is 0.810. The second kappa shape index (κ2) is 7.82. The minimum absolute atomic E-state index is 0.0194. The standard InChI is InChI=1S/C19H19N5O5S/c1-13-7-9-20-19-21-17(22-24(13)19)18(26)29-11-16(25)23(14-5-3-2-4-6-14)15-8-10-30(27,28)12-15/h2-7,9,15H,8,10-12H2,1H3. The van der Waals surface area contributed by atoms with Gasteiger partial charge in [-0.2, -0.15) is 4.98 Å². The van der Waals surface area contributed by atoms with Gasteiger partial charge in [0.15, 0.2) is 16.4 Å². The summed E-state index contributed by atoms with van der Waals surface area (Å²) in [4.78, 5) is 34.7. The van der Waals surface area contributed by atoms with Crippen molar-refractivity contribution < 1.29 is 22.7 Å². The molecule has 0 radical (unpaired) electrons. The minimum atomic E-state index is -3.21. The Kier molecular flexibility index (Phi) is 5.20. The van der Waals surface area contributed by atoms with Crippen molar-refractivity contribution in [3.63, 3.8) is 0 Å². The van der Waals surface area contributed by atoms with Gasteiger partial charge in [0.05, 0.1) is 17.5 Å². The van der Waals surface area contributed by atoms with Gasteiger partial charge in [-0.3, -0.25) is 4.79 Å². The summed E-state index contributed by atoms with van der Waals surface area (Å²) in [6.45, 7) is 1.22. The predicted molar refractivity (Wildman–Crippen MR) is 107 cm³/mol. The van der Waals surface area contributed by atoms with Crippen molar-refractivity contribution in [1.29, 1.82) is 0 Å². The number of fused-ring (bicyclic) bond motifs is 1. The summed E-state index contributed by atoms with van der Waals surface area (Å²) in [5.74, 6) is -1.45. The van der Waals surface area contributed by atoms with Gasteiger partial charge in [0, 0.05) is 17.6 Å². The Bertz CT molecular complexity index is 1210. The molecule has 11 heteroatoms. The molecule has 1 saturated heterocycles. The van der Waals surface area contributed by atoms with Crippen LogP contribution < -0.4 is 4.90 Å². The summed E-state index contributed by atoms with van der Waals surface area (Å²) in [5, 5.41) is 4.05. The van der Waals surface area contributed by atoms with E-state index in [4.69, 9.17) is 4.74 Å². The number of amides is 1. The molecule has 2 aromatic heterocycles. The lowest BCUT2D eigenvalue weighted by Gasteiger charge is -2.28. The van der Waals surface area contributed by atoms with E-state index in [1.807, 2.05) is 0 Å². The molecule has 1 aromatic carbocycles. The van der Waals surface area contributed by atoms with Crippen LogP contribution in [0.4, 0.5) is 5.69 Å². The highest BCUT2D eigenvalue weighted by atomic mass is 32.2. The lowest BCUT2D eigenvalue weighted by molar-refractivity contribution is -0.122. The number of hydrogen-bond donors (Lipinski definition) is 0. The van der Waals surface area contributed by atoms with Crippen molar-refractivity contribution in [2.24, 2.45) is 0 Å². The largest absolute Gasteiger partial charge is 0.450 e. The Balaban J connectivity index is 1.51. The molecule has 1 unspecified atom stereocenters. The monoisotopic (exact) mass is 429 g/mol. The van der Waals surface area contributed by atoms with Crippen LogP contribution in [0.2, 0.25) is 0 Å².